The van der Waals surface area contributed by atoms with Crippen molar-refractivity contribution in [1.82, 2.24) is 14.9 Å². The second-order valence-electron chi connectivity index (χ2n) is 8.46. The molecule has 2 heterocycles. The van der Waals surface area contributed by atoms with E-state index in [-0.39, 0.29) is 17.4 Å². The van der Waals surface area contributed by atoms with Crippen molar-refractivity contribution in [1.29, 1.82) is 0 Å². The molecule has 0 saturated carbocycles. The number of ketones is 1. The number of anilines is 1. The van der Waals surface area contributed by atoms with Gasteiger partial charge in [0, 0.05) is 35.3 Å². The zero-order chi connectivity index (χ0) is 24.7. The number of carbonyl (C=O) groups excluding carboxylic acids is 2. The maximum atomic E-state index is 12.9. The Morgan fingerprint density at radius 2 is 1.58 bits per heavy atom. The normalized spacial score (nSPS) is 14.0. The van der Waals surface area contributed by atoms with E-state index in [1.807, 2.05) is 42.5 Å². The van der Waals surface area contributed by atoms with Crippen molar-refractivity contribution < 1.29 is 14.3 Å². The van der Waals surface area contributed by atoms with Gasteiger partial charge in [0.1, 0.15) is 10.9 Å². The highest BCUT2D eigenvalue weighted by molar-refractivity contribution is 8.00. The topological polar surface area (TPSA) is 84.4 Å². The molecule has 0 radical (unpaired) electrons. The molecule has 0 atom stereocenters. The summed E-state index contributed by atoms with van der Waals surface area (Å²) < 4.78 is 5.44. The van der Waals surface area contributed by atoms with Crippen LogP contribution in [0.2, 0.25) is 0 Å². The standard InChI is InChI=1S/C28H26N4O3S/c33-25(20-10-12-22(13-11-20)29-27(34)21-6-2-1-3-7-21)19-36-28-23-8-4-5-9-24(23)30-26(31-28)18-32-14-16-35-17-15-32/h1-13H,14-19H2,(H,29,34). The van der Waals surface area contributed by atoms with Crippen molar-refractivity contribution in [3.05, 3.63) is 95.8 Å². The van der Waals surface area contributed by atoms with Gasteiger partial charge in [-0.2, -0.15) is 0 Å². The van der Waals surface area contributed by atoms with Gasteiger partial charge in [0.15, 0.2) is 5.78 Å². The summed E-state index contributed by atoms with van der Waals surface area (Å²) in [7, 11) is 0. The molecule has 182 valence electrons. The summed E-state index contributed by atoms with van der Waals surface area (Å²) in [6, 6.07) is 23.9. The van der Waals surface area contributed by atoms with E-state index in [1.54, 1.807) is 36.4 Å². The van der Waals surface area contributed by atoms with Gasteiger partial charge in [0.2, 0.25) is 0 Å². The Kier molecular flexibility index (Phi) is 7.66. The van der Waals surface area contributed by atoms with Crippen molar-refractivity contribution in [2.24, 2.45) is 0 Å². The van der Waals surface area contributed by atoms with E-state index in [0.717, 1.165) is 48.1 Å². The molecular formula is C28H26N4O3S. The molecule has 4 aromatic rings. The number of hydrogen-bond acceptors (Lipinski definition) is 7. The number of ether oxygens (including phenoxy) is 1. The molecule has 0 unspecified atom stereocenters. The van der Waals surface area contributed by atoms with Crippen LogP contribution in [-0.2, 0) is 11.3 Å². The van der Waals surface area contributed by atoms with Crippen LogP contribution < -0.4 is 5.32 Å². The summed E-state index contributed by atoms with van der Waals surface area (Å²) in [5.74, 6) is 0.824. The number of amides is 1. The predicted octanol–water partition coefficient (Wildman–Crippen LogP) is 4.69. The summed E-state index contributed by atoms with van der Waals surface area (Å²) in [5, 5.41) is 4.61. The number of morpholine rings is 1. The minimum atomic E-state index is -0.186. The molecule has 1 amide bonds. The minimum Gasteiger partial charge on any atom is -0.379 e. The van der Waals surface area contributed by atoms with Crippen LogP contribution in [0, 0.1) is 0 Å². The van der Waals surface area contributed by atoms with E-state index < -0.39 is 0 Å². The maximum absolute atomic E-state index is 12.9. The molecule has 0 spiro atoms. The van der Waals surface area contributed by atoms with E-state index >= 15 is 0 Å². The van der Waals surface area contributed by atoms with Crippen LogP contribution in [-0.4, -0.2) is 58.6 Å². The first kappa shape index (κ1) is 24.1. The van der Waals surface area contributed by atoms with Crippen LogP contribution in [0.4, 0.5) is 5.69 Å². The van der Waals surface area contributed by atoms with E-state index in [1.165, 1.54) is 11.8 Å². The van der Waals surface area contributed by atoms with Gasteiger partial charge in [0.25, 0.3) is 5.91 Å². The lowest BCUT2D eigenvalue weighted by Gasteiger charge is -2.25. The lowest BCUT2D eigenvalue weighted by Crippen LogP contribution is -2.36. The molecule has 1 N–H and O–H groups in total. The first-order chi connectivity index (χ1) is 17.7. The Hall–Kier alpha value is -3.59. The second kappa shape index (κ2) is 11.4. The van der Waals surface area contributed by atoms with Crippen LogP contribution in [0.5, 0.6) is 0 Å². The number of fused-ring (bicyclic) bond motifs is 1. The quantitative estimate of drug-likeness (QED) is 0.214. The summed E-state index contributed by atoms with van der Waals surface area (Å²) >= 11 is 1.43. The summed E-state index contributed by atoms with van der Waals surface area (Å²) in [6.45, 7) is 3.82. The van der Waals surface area contributed by atoms with Crippen molar-refractivity contribution in [3.8, 4) is 0 Å². The molecule has 0 aliphatic carbocycles. The third-order valence-electron chi connectivity index (χ3n) is 5.92. The van der Waals surface area contributed by atoms with Crippen molar-refractivity contribution in [2.45, 2.75) is 11.6 Å². The second-order valence-corrected chi connectivity index (χ2v) is 9.42. The van der Waals surface area contributed by atoms with Gasteiger partial charge in [-0.3, -0.25) is 14.5 Å². The van der Waals surface area contributed by atoms with E-state index in [4.69, 9.17) is 14.7 Å². The fourth-order valence-corrected chi connectivity index (χ4v) is 4.92. The van der Waals surface area contributed by atoms with Gasteiger partial charge in [-0.25, -0.2) is 9.97 Å². The third-order valence-corrected chi connectivity index (χ3v) is 6.92. The number of aromatic nitrogens is 2. The average molecular weight is 499 g/mol. The minimum absolute atomic E-state index is 0.00152. The molecule has 1 aliphatic rings. The van der Waals surface area contributed by atoms with Gasteiger partial charge in [0.05, 0.1) is 31.0 Å². The van der Waals surface area contributed by atoms with Crippen LogP contribution in [0.1, 0.15) is 26.5 Å². The Labute approximate surface area is 213 Å². The Morgan fingerprint density at radius 1 is 0.861 bits per heavy atom. The number of Topliss-reactive ketones (excluding diaryl/α,β-unsaturated/α-hetero) is 1. The molecule has 3 aromatic carbocycles. The fraction of sp³-hybridized carbons (Fsp3) is 0.214. The first-order valence-corrected chi connectivity index (χ1v) is 12.8. The Balaban J connectivity index is 1.25. The van der Waals surface area contributed by atoms with Crippen molar-refractivity contribution >= 4 is 40.0 Å². The fourth-order valence-electron chi connectivity index (χ4n) is 3.98. The van der Waals surface area contributed by atoms with Gasteiger partial charge >= 0.3 is 0 Å². The highest BCUT2D eigenvalue weighted by atomic mass is 32.2. The van der Waals surface area contributed by atoms with Crippen LogP contribution in [0.3, 0.4) is 0 Å². The van der Waals surface area contributed by atoms with E-state index in [0.29, 0.717) is 23.4 Å². The summed E-state index contributed by atoms with van der Waals surface area (Å²) in [6.07, 6.45) is 0. The average Bonchev–Trinajstić information content (AvgIpc) is 2.93. The molecule has 1 aromatic heterocycles. The van der Waals surface area contributed by atoms with Crippen LogP contribution in [0.25, 0.3) is 10.9 Å². The number of hydrogen-bond donors (Lipinski definition) is 1. The van der Waals surface area contributed by atoms with Gasteiger partial charge in [-0.05, 0) is 42.5 Å². The zero-order valence-electron chi connectivity index (χ0n) is 19.7. The zero-order valence-corrected chi connectivity index (χ0v) is 20.5. The molecule has 7 nitrogen and oxygen atoms in total. The highest BCUT2D eigenvalue weighted by Gasteiger charge is 2.16. The van der Waals surface area contributed by atoms with Crippen molar-refractivity contribution in [2.75, 3.05) is 37.4 Å². The number of nitrogens with zero attached hydrogens (tertiary/aromatic N) is 3. The first-order valence-electron chi connectivity index (χ1n) is 11.8. The summed E-state index contributed by atoms with van der Waals surface area (Å²) in [4.78, 5) is 37.1. The van der Waals surface area contributed by atoms with E-state index in [9.17, 15) is 9.59 Å². The number of para-hydroxylation sites is 1. The lowest BCUT2D eigenvalue weighted by molar-refractivity contribution is 0.0330. The van der Waals surface area contributed by atoms with E-state index in [2.05, 4.69) is 10.2 Å². The van der Waals surface area contributed by atoms with Gasteiger partial charge in [-0.1, -0.05) is 48.2 Å². The van der Waals surface area contributed by atoms with Crippen LogP contribution in [0.15, 0.2) is 83.9 Å². The maximum Gasteiger partial charge on any atom is 0.255 e. The van der Waals surface area contributed by atoms with Crippen LogP contribution >= 0.6 is 11.8 Å². The highest BCUT2D eigenvalue weighted by Crippen LogP contribution is 2.26. The molecule has 1 aliphatic heterocycles. The molecule has 1 saturated heterocycles. The van der Waals surface area contributed by atoms with Gasteiger partial charge < -0.3 is 10.1 Å². The number of nitrogens with one attached hydrogen (secondary N) is 1. The molecule has 8 heteroatoms. The lowest BCUT2D eigenvalue weighted by atomic mass is 10.1. The summed E-state index contributed by atoms with van der Waals surface area (Å²) in [5.41, 5.74) is 2.69. The molecule has 36 heavy (non-hydrogen) atoms. The number of benzene rings is 3. The largest absolute Gasteiger partial charge is 0.379 e. The third kappa shape index (κ3) is 5.96. The van der Waals surface area contributed by atoms with Crippen molar-refractivity contribution in [3.63, 3.8) is 0 Å². The Bertz CT molecular complexity index is 1360. The molecule has 1 fully saturated rings. The molecule has 5 rings (SSSR count). The monoisotopic (exact) mass is 498 g/mol. The SMILES string of the molecule is O=C(CSc1nc(CN2CCOCC2)nc2ccccc12)c1ccc(NC(=O)c2ccccc2)cc1. The number of rotatable bonds is 8. The van der Waals surface area contributed by atoms with Gasteiger partial charge in [-0.15, -0.1) is 0 Å². The molecule has 0 bridgehead atoms. The number of carbonyl (C=O) groups is 2. The predicted molar refractivity (Wildman–Crippen MR) is 142 cm³/mol. The Morgan fingerprint density at radius 3 is 2.36 bits per heavy atom. The molecular weight excluding hydrogens is 472 g/mol. The smallest absolute Gasteiger partial charge is 0.255 e. The number of thioether (sulfide) groups is 1.